The van der Waals surface area contributed by atoms with Gasteiger partial charge in [-0.25, -0.2) is 0 Å². The molecule has 2 aromatic rings. The van der Waals surface area contributed by atoms with Crippen LogP contribution in [0.3, 0.4) is 0 Å². The maximum Gasteiger partial charge on any atom is 0.128 e. The molecule has 2 aromatic carbocycles. The minimum absolute atomic E-state index is 0.149. The van der Waals surface area contributed by atoms with Gasteiger partial charge in [-0.05, 0) is 77.4 Å². The summed E-state index contributed by atoms with van der Waals surface area (Å²) in [6.45, 7) is 2.08. The fraction of sp³-hybridized carbons (Fsp3) is 0.250. The molecule has 0 spiro atoms. The molecule has 1 atom stereocenters. The van der Waals surface area contributed by atoms with E-state index in [0.717, 1.165) is 29.9 Å². The minimum atomic E-state index is 0.149. The zero-order valence-corrected chi connectivity index (χ0v) is 14.2. The van der Waals surface area contributed by atoms with Crippen LogP contribution in [-0.4, -0.2) is 6.04 Å². The van der Waals surface area contributed by atoms with Gasteiger partial charge in [0.1, 0.15) is 11.5 Å². The highest BCUT2D eigenvalue weighted by Gasteiger charge is 2.07. The summed E-state index contributed by atoms with van der Waals surface area (Å²) in [5, 5.41) is 0.705. The van der Waals surface area contributed by atoms with E-state index in [0.29, 0.717) is 5.02 Å². The quantitative estimate of drug-likeness (QED) is 0.714. The number of halogens is 2. The lowest BCUT2D eigenvalue weighted by Crippen LogP contribution is -2.21. The van der Waals surface area contributed by atoms with Gasteiger partial charge >= 0.3 is 0 Å². The predicted molar refractivity (Wildman–Crippen MR) is 92.7 cm³/mol. The molecule has 2 nitrogen and oxygen atoms in total. The number of rotatable bonds is 5. The van der Waals surface area contributed by atoms with E-state index in [-0.39, 0.29) is 6.04 Å². The summed E-state index contributed by atoms with van der Waals surface area (Å²) in [6, 6.07) is 13.8. The summed E-state index contributed by atoms with van der Waals surface area (Å²) >= 11 is 8.55. The Kier molecular flexibility index (Phi) is 5.69. The third-order valence-corrected chi connectivity index (χ3v) is 4.15. The smallest absolute Gasteiger partial charge is 0.128 e. The van der Waals surface area contributed by atoms with Crippen molar-refractivity contribution in [2.24, 2.45) is 5.73 Å². The first-order valence-electron chi connectivity index (χ1n) is 6.56. The van der Waals surface area contributed by atoms with Crippen LogP contribution in [0.5, 0.6) is 11.5 Å². The summed E-state index contributed by atoms with van der Waals surface area (Å²) in [5.74, 6) is 1.55. The van der Waals surface area contributed by atoms with E-state index < -0.39 is 0 Å². The fourth-order valence-corrected chi connectivity index (χ4v) is 2.43. The SMILES string of the molecule is CCC(N)Cc1ccc(Oc2ccc(I)cc2)cc1Cl. The summed E-state index contributed by atoms with van der Waals surface area (Å²) in [7, 11) is 0. The van der Waals surface area contributed by atoms with Crippen LogP contribution in [0.2, 0.25) is 5.02 Å². The zero-order valence-electron chi connectivity index (χ0n) is 11.3. The molecule has 0 aliphatic heterocycles. The normalized spacial score (nSPS) is 12.2. The van der Waals surface area contributed by atoms with Crippen molar-refractivity contribution in [3.63, 3.8) is 0 Å². The first-order chi connectivity index (χ1) is 9.58. The van der Waals surface area contributed by atoms with E-state index in [1.54, 1.807) is 0 Å². The second-order valence-electron chi connectivity index (χ2n) is 4.68. The van der Waals surface area contributed by atoms with Crippen LogP contribution < -0.4 is 10.5 Å². The maximum atomic E-state index is 6.29. The minimum Gasteiger partial charge on any atom is -0.457 e. The predicted octanol–water partition coefficient (Wildman–Crippen LogP) is 5.02. The first kappa shape index (κ1) is 15.6. The van der Waals surface area contributed by atoms with Crippen molar-refractivity contribution in [3.8, 4) is 11.5 Å². The van der Waals surface area contributed by atoms with Gasteiger partial charge in [0.2, 0.25) is 0 Å². The molecule has 2 N–H and O–H groups in total. The molecule has 0 radical (unpaired) electrons. The molecule has 0 saturated heterocycles. The topological polar surface area (TPSA) is 35.2 Å². The molecule has 0 heterocycles. The van der Waals surface area contributed by atoms with Crippen LogP contribution in [0.1, 0.15) is 18.9 Å². The molecule has 0 aliphatic rings. The third kappa shape index (κ3) is 4.36. The van der Waals surface area contributed by atoms with Crippen LogP contribution in [-0.2, 0) is 6.42 Å². The van der Waals surface area contributed by atoms with Crippen molar-refractivity contribution in [3.05, 3.63) is 56.6 Å². The van der Waals surface area contributed by atoms with E-state index >= 15 is 0 Å². The van der Waals surface area contributed by atoms with E-state index in [4.69, 9.17) is 22.1 Å². The number of hydrogen-bond acceptors (Lipinski definition) is 2. The molecule has 0 aliphatic carbocycles. The Balaban J connectivity index is 2.10. The number of ether oxygens (including phenoxy) is 1. The van der Waals surface area contributed by atoms with E-state index in [1.807, 2.05) is 42.5 Å². The van der Waals surface area contributed by atoms with E-state index in [2.05, 4.69) is 29.5 Å². The largest absolute Gasteiger partial charge is 0.457 e. The van der Waals surface area contributed by atoms with Crippen molar-refractivity contribution in [2.45, 2.75) is 25.8 Å². The highest BCUT2D eigenvalue weighted by Crippen LogP contribution is 2.28. The van der Waals surface area contributed by atoms with Gasteiger partial charge in [-0.1, -0.05) is 24.6 Å². The van der Waals surface area contributed by atoms with Gasteiger partial charge in [-0.15, -0.1) is 0 Å². The van der Waals surface area contributed by atoms with Crippen LogP contribution in [0.15, 0.2) is 42.5 Å². The molecule has 4 heteroatoms. The molecule has 0 aromatic heterocycles. The Morgan fingerprint density at radius 2 is 1.80 bits per heavy atom. The number of nitrogens with two attached hydrogens (primary N) is 1. The van der Waals surface area contributed by atoms with Crippen LogP contribution in [0, 0.1) is 3.57 Å². The summed E-state index contributed by atoms with van der Waals surface area (Å²) in [4.78, 5) is 0. The van der Waals surface area contributed by atoms with Gasteiger partial charge in [-0.2, -0.15) is 0 Å². The molecule has 20 heavy (non-hydrogen) atoms. The van der Waals surface area contributed by atoms with Gasteiger partial charge in [0.05, 0.1) is 0 Å². The van der Waals surface area contributed by atoms with Gasteiger partial charge in [-0.3, -0.25) is 0 Å². The highest BCUT2D eigenvalue weighted by atomic mass is 127. The van der Waals surface area contributed by atoms with Crippen molar-refractivity contribution in [1.29, 1.82) is 0 Å². The van der Waals surface area contributed by atoms with Crippen molar-refractivity contribution >= 4 is 34.2 Å². The molecule has 1 unspecified atom stereocenters. The molecule has 0 amide bonds. The molecule has 0 bridgehead atoms. The first-order valence-corrected chi connectivity index (χ1v) is 8.01. The van der Waals surface area contributed by atoms with Crippen molar-refractivity contribution < 1.29 is 4.74 Å². The van der Waals surface area contributed by atoms with Gasteiger partial charge in [0.15, 0.2) is 0 Å². The van der Waals surface area contributed by atoms with E-state index in [1.165, 1.54) is 3.57 Å². The van der Waals surface area contributed by atoms with Crippen LogP contribution in [0.25, 0.3) is 0 Å². The molecular weight excluding hydrogens is 385 g/mol. The average molecular weight is 402 g/mol. The van der Waals surface area contributed by atoms with Crippen molar-refractivity contribution in [1.82, 2.24) is 0 Å². The zero-order chi connectivity index (χ0) is 14.5. The van der Waals surface area contributed by atoms with Gasteiger partial charge < -0.3 is 10.5 Å². The summed E-state index contributed by atoms with van der Waals surface area (Å²) in [5.41, 5.74) is 7.02. The Hall–Kier alpha value is -0.780. The van der Waals surface area contributed by atoms with Gasteiger partial charge in [0, 0.05) is 14.6 Å². The monoisotopic (exact) mass is 401 g/mol. The maximum absolute atomic E-state index is 6.29. The molecular formula is C16H17ClINO. The third-order valence-electron chi connectivity index (χ3n) is 3.08. The molecule has 106 valence electrons. The second kappa shape index (κ2) is 7.29. The Morgan fingerprint density at radius 3 is 2.40 bits per heavy atom. The summed E-state index contributed by atoms with van der Waals surface area (Å²) in [6.07, 6.45) is 1.73. The fourth-order valence-electron chi connectivity index (χ4n) is 1.82. The molecule has 0 fully saturated rings. The van der Waals surface area contributed by atoms with E-state index in [9.17, 15) is 0 Å². The van der Waals surface area contributed by atoms with Crippen LogP contribution in [0.4, 0.5) is 0 Å². The van der Waals surface area contributed by atoms with Gasteiger partial charge in [0.25, 0.3) is 0 Å². The van der Waals surface area contributed by atoms with Crippen LogP contribution >= 0.6 is 34.2 Å². The lowest BCUT2D eigenvalue weighted by Gasteiger charge is -2.12. The molecule has 0 saturated carbocycles. The Bertz CT molecular complexity index is 571. The number of benzene rings is 2. The lowest BCUT2D eigenvalue weighted by atomic mass is 10.0. The standard InChI is InChI=1S/C16H17ClINO/c1-2-13(19)9-11-3-6-15(10-16(11)17)20-14-7-4-12(18)5-8-14/h3-8,10,13H,2,9,19H2,1H3. The molecule has 2 rings (SSSR count). The average Bonchev–Trinajstić information content (AvgIpc) is 2.44. The number of hydrogen-bond donors (Lipinski definition) is 1. The highest BCUT2D eigenvalue weighted by molar-refractivity contribution is 14.1. The Labute approximate surface area is 138 Å². The van der Waals surface area contributed by atoms with Crippen molar-refractivity contribution in [2.75, 3.05) is 0 Å². The Morgan fingerprint density at radius 1 is 1.15 bits per heavy atom. The second-order valence-corrected chi connectivity index (χ2v) is 6.33. The summed E-state index contributed by atoms with van der Waals surface area (Å²) < 4.78 is 6.96. The lowest BCUT2D eigenvalue weighted by molar-refractivity contribution is 0.482.